The largest absolute Gasteiger partial charge is 0.490 e. The van der Waals surface area contributed by atoms with Gasteiger partial charge >= 0.3 is 0 Å². The summed E-state index contributed by atoms with van der Waals surface area (Å²) in [6, 6.07) is 13.0. The summed E-state index contributed by atoms with van der Waals surface area (Å²) in [6.07, 6.45) is 2.85. The second kappa shape index (κ2) is 7.55. The molecule has 0 radical (unpaired) electrons. The van der Waals surface area contributed by atoms with Crippen LogP contribution in [0.15, 0.2) is 42.5 Å². The highest BCUT2D eigenvalue weighted by atomic mass is 19.1. The molecule has 148 valence electrons. The number of hydrogen-bond acceptors (Lipinski definition) is 3. The Bertz CT molecular complexity index is 857. The topological polar surface area (TPSA) is 41.6 Å². The quantitative estimate of drug-likeness (QED) is 0.875. The fourth-order valence-electron chi connectivity index (χ4n) is 4.52. The van der Waals surface area contributed by atoms with Gasteiger partial charge in [-0.05, 0) is 54.7 Å². The van der Waals surface area contributed by atoms with Gasteiger partial charge in [0.05, 0.1) is 5.54 Å². The van der Waals surface area contributed by atoms with Crippen molar-refractivity contribution in [2.24, 2.45) is 0 Å². The van der Waals surface area contributed by atoms with Crippen LogP contribution in [-0.4, -0.2) is 30.0 Å². The molecule has 1 amide bonds. The molecule has 0 spiro atoms. The number of halogens is 1. The van der Waals surface area contributed by atoms with Gasteiger partial charge in [0.15, 0.2) is 0 Å². The summed E-state index contributed by atoms with van der Waals surface area (Å²) in [5.74, 6) is 0.704. The number of nitrogens with one attached hydrogen (secondary N) is 1. The Hall–Kier alpha value is -2.40. The molecular weight excluding hydrogens is 355 g/mol. The first-order valence-electron chi connectivity index (χ1n) is 9.99. The second-order valence-corrected chi connectivity index (χ2v) is 8.12. The summed E-state index contributed by atoms with van der Waals surface area (Å²) in [6.45, 7) is 6.29. The van der Waals surface area contributed by atoms with Crippen LogP contribution in [0.5, 0.6) is 5.75 Å². The van der Waals surface area contributed by atoms with Crippen molar-refractivity contribution in [2.75, 3.05) is 13.1 Å². The average Bonchev–Trinajstić information content (AvgIpc) is 3.03. The molecule has 4 nitrogen and oxygen atoms in total. The third-order valence-corrected chi connectivity index (χ3v) is 5.89. The van der Waals surface area contributed by atoms with Gasteiger partial charge < -0.3 is 10.1 Å². The number of carbonyl (C=O) groups excluding carboxylic acids is 1. The smallest absolute Gasteiger partial charge is 0.217 e. The number of benzene rings is 2. The molecule has 2 aliphatic heterocycles. The maximum atomic E-state index is 13.4. The van der Waals surface area contributed by atoms with E-state index in [1.165, 1.54) is 23.3 Å². The number of nitrogens with zero attached hydrogens (tertiary/aromatic N) is 1. The molecule has 2 aromatic carbocycles. The molecule has 1 saturated heterocycles. The van der Waals surface area contributed by atoms with Crippen LogP contribution < -0.4 is 10.1 Å². The predicted molar refractivity (Wildman–Crippen MR) is 107 cm³/mol. The molecular formula is C23H27FN2O2. The Balaban J connectivity index is 1.45. The highest BCUT2D eigenvalue weighted by Gasteiger charge is 2.37. The van der Waals surface area contributed by atoms with Crippen LogP contribution in [0.4, 0.5) is 4.39 Å². The third kappa shape index (κ3) is 3.90. The van der Waals surface area contributed by atoms with E-state index >= 15 is 0 Å². The van der Waals surface area contributed by atoms with Gasteiger partial charge in [0.2, 0.25) is 5.91 Å². The maximum absolute atomic E-state index is 13.4. The lowest BCUT2D eigenvalue weighted by molar-refractivity contribution is -0.121. The number of hydrogen-bond donors (Lipinski definition) is 1. The fraction of sp³-hybridized carbons (Fsp3) is 0.435. The van der Waals surface area contributed by atoms with Crippen LogP contribution in [-0.2, 0) is 23.3 Å². The summed E-state index contributed by atoms with van der Waals surface area (Å²) in [7, 11) is 0. The van der Waals surface area contributed by atoms with E-state index in [-0.39, 0.29) is 17.8 Å². The zero-order chi connectivity index (χ0) is 19.7. The van der Waals surface area contributed by atoms with Gasteiger partial charge in [-0.3, -0.25) is 9.69 Å². The highest BCUT2D eigenvalue weighted by Crippen LogP contribution is 2.34. The number of fused-ring (bicyclic) bond motifs is 1. The third-order valence-electron chi connectivity index (χ3n) is 5.89. The first kappa shape index (κ1) is 18.9. The van der Waals surface area contributed by atoms with Gasteiger partial charge in [-0.2, -0.15) is 0 Å². The molecule has 1 atom stereocenters. The zero-order valence-corrected chi connectivity index (χ0v) is 16.5. The van der Waals surface area contributed by atoms with Gasteiger partial charge in [0, 0.05) is 33.0 Å². The van der Waals surface area contributed by atoms with Crippen LogP contribution in [0, 0.1) is 5.82 Å². The van der Waals surface area contributed by atoms with Crippen molar-refractivity contribution in [1.82, 2.24) is 10.2 Å². The van der Waals surface area contributed by atoms with Gasteiger partial charge in [0.1, 0.15) is 17.7 Å². The first-order valence-corrected chi connectivity index (χ1v) is 9.99. The van der Waals surface area contributed by atoms with Crippen molar-refractivity contribution in [1.29, 1.82) is 0 Å². The Morgan fingerprint density at radius 2 is 1.93 bits per heavy atom. The van der Waals surface area contributed by atoms with Crippen molar-refractivity contribution in [3.63, 3.8) is 0 Å². The van der Waals surface area contributed by atoms with Gasteiger partial charge in [0.25, 0.3) is 0 Å². The van der Waals surface area contributed by atoms with Crippen LogP contribution in [0.25, 0.3) is 0 Å². The highest BCUT2D eigenvalue weighted by molar-refractivity contribution is 5.74. The average molecular weight is 382 g/mol. The standard InChI is InChI=1S/C23H27FN2O2/c1-16-13-19-14-18(3-8-22(19)28-16)15-26-11-9-23(10-12-26,25-17(2)27)20-4-6-21(24)7-5-20/h3-8,14,16H,9-13,15H2,1-2H3,(H,25,27)/t16-/m0/s1. The Morgan fingerprint density at radius 1 is 1.21 bits per heavy atom. The second-order valence-electron chi connectivity index (χ2n) is 8.12. The molecule has 2 aliphatic rings. The number of rotatable bonds is 4. The minimum Gasteiger partial charge on any atom is -0.490 e. The van der Waals surface area contributed by atoms with Crippen molar-refractivity contribution in [3.05, 3.63) is 65.0 Å². The summed E-state index contributed by atoms with van der Waals surface area (Å²) in [5.41, 5.74) is 3.15. The van der Waals surface area contributed by atoms with Gasteiger partial charge in [-0.15, -0.1) is 0 Å². The van der Waals surface area contributed by atoms with Crippen molar-refractivity contribution >= 4 is 5.91 Å². The zero-order valence-electron chi connectivity index (χ0n) is 16.5. The maximum Gasteiger partial charge on any atom is 0.217 e. The molecule has 2 heterocycles. The summed E-state index contributed by atoms with van der Waals surface area (Å²) < 4.78 is 19.2. The lowest BCUT2D eigenvalue weighted by Crippen LogP contribution is -2.52. The molecule has 0 saturated carbocycles. The van der Waals surface area contributed by atoms with E-state index in [0.29, 0.717) is 0 Å². The number of piperidine rings is 1. The van der Waals surface area contributed by atoms with E-state index in [1.807, 2.05) is 0 Å². The minimum atomic E-state index is -0.419. The van der Waals surface area contributed by atoms with Crippen molar-refractivity contribution in [3.8, 4) is 5.75 Å². The summed E-state index contributed by atoms with van der Waals surface area (Å²) >= 11 is 0. The van der Waals surface area contributed by atoms with Crippen LogP contribution in [0.1, 0.15) is 43.4 Å². The van der Waals surface area contributed by atoms with Crippen LogP contribution >= 0.6 is 0 Å². The molecule has 0 bridgehead atoms. The lowest BCUT2D eigenvalue weighted by atomic mass is 9.80. The Kier molecular flexibility index (Phi) is 5.11. The number of likely N-dealkylation sites (tertiary alicyclic amines) is 1. The molecule has 0 unspecified atom stereocenters. The van der Waals surface area contributed by atoms with E-state index in [0.717, 1.165) is 50.2 Å². The molecule has 0 aromatic heterocycles. The van der Waals surface area contributed by atoms with Crippen molar-refractivity contribution in [2.45, 2.75) is 51.3 Å². The van der Waals surface area contributed by atoms with Crippen molar-refractivity contribution < 1.29 is 13.9 Å². The van der Waals surface area contributed by atoms with E-state index in [4.69, 9.17) is 4.74 Å². The predicted octanol–water partition coefficient (Wildman–Crippen LogP) is 3.78. The fourth-order valence-corrected chi connectivity index (χ4v) is 4.52. The monoisotopic (exact) mass is 382 g/mol. The lowest BCUT2D eigenvalue weighted by Gasteiger charge is -2.42. The Morgan fingerprint density at radius 3 is 2.61 bits per heavy atom. The molecule has 1 N–H and O–H groups in total. The Labute approximate surface area is 165 Å². The molecule has 5 heteroatoms. The van der Waals surface area contributed by atoms with E-state index in [2.05, 4.69) is 35.3 Å². The first-order chi connectivity index (χ1) is 13.4. The normalized spacial score (nSPS) is 21.0. The van der Waals surface area contributed by atoms with E-state index in [1.54, 1.807) is 19.1 Å². The summed E-state index contributed by atoms with van der Waals surface area (Å²) in [4.78, 5) is 14.3. The number of amides is 1. The van der Waals surface area contributed by atoms with Crippen LogP contribution in [0.2, 0.25) is 0 Å². The number of carbonyl (C=O) groups is 1. The van der Waals surface area contributed by atoms with Gasteiger partial charge in [-0.25, -0.2) is 4.39 Å². The molecule has 0 aliphatic carbocycles. The SMILES string of the molecule is CC(=O)NC1(c2ccc(F)cc2)CCN(Cc2ccc3c(c2)C[C@H](C)O3)CC1. The van der Waals surface area contributed by atoms with E-state index in [9.17, 15) is 9.18 Å². The molecule has 28 heavy (non-hydrogen) atoms. The summed E-state index contributed by atoms with van der Waals surface area (Å²) in [5, 5.41) is 3.15. The van der Waals surface area contributed by atoms with Crippen LogP contribution in [0.3, 0.4) is 0 Å². The molecule has 4 rings (SSSR count). The molecule has 1 fully saturated rings. The number of ether oxygens (including phenoxy) is 1. The van der Waals surface area contributed by atoms with E-state index < -0.39 is 5.54 Å². The molecule has 2 aromatic rings. The minimum absolute atomic E-state index is 0.0504. The van der Waals surface area contributed by atoms with Gasteiger partial charge in [-0.1, -0.05) is 24.3 Å².